The number of rotatable bonds is 6. The third-order valence-corrected chi connectivity index (χ3v) is 5.58. The number of ether oxygens (including phenoxy) is 2. The molecule has 1 unspecified atom stereocenters. The van der Waals surface area contributed by atoms with Crippen molar-refractivity contribution in [2.24, 2.45) is 0 Å². The number of hydrogen-bond donors (Lipinski definition) is 1. The Morgan fingerprint density at radius 2 is 2.17 bits per heavy atom. The number of carbonyl (C=O) groups excluding carboxylic acids is 1. The largest absolute Gasteiger partial charge is 0.496 e. The fourth-order valence-corrected chi connectivity index (χ4v) is 4.17. The Kier molecular flexibility index (Phi) is 5.62. The predicted molar refractivity (Wildman–Crippen MR) is 116 cm³/mol. The summed E-state index contributed by atoms with van der Waals surface area (Å²) in [5.41, 5.74) is 3.15. The summed E-state index contributed by atoms with van der Waals surface area (Å²) >= 11 is 1.48. The molecule has 1 N–H and O–H groups in total. The number of amides is 1. The van der Waals surface area contributed by atoms with E-state index in [0.29, 0.717) is 5.13 Å². The zero-order valence-electron chi connectivity index (χ0n) is 16.3. The molecule has 29 heavy (non-hydrogen) atoms. The van der Waals surface area contributed by atoms with Crippen molar-refractivity contribution < 1.29 is 14.3 Å². The maximum absolute atomic E-state index is 12.3. The topological polar surface area (TPSA) is 60.5 Å². The molecule has 0 bridgehead atoms. The van der Waals surface area contributed by atoms with Crippen LogP contribution < -0.4 is 14.8 Å². The lowest BCUT2D eigenvalue weighted by Gasteiger charge is -2.08. The van der Waals surface area contributed by atoms with Gasteiger partial charge in [0.15, 0.2) is 5.13 Å². The summed E-state index contributed by atoms with van der Waals surface area (Å²) in [7, 11) is 1.63. The van der Waals surface area contributed by atoms with Gasteiger partial charge in [-0.05, 0) is 30.7 Å². The van der Waals surface area contributed by atoms with E-state index in [1.165, 1.54) is 23.0 Å². The van der Waals surface area contributed by atoms with Crippen LogP contribution in [0.25, 0.3) is 6.08 Å². The lowest BCUT2D eigenvalue weighted by Crippen LogP contribution is -2.07. The Morgan fingerprint density at radius 3 is 2.97 bits per heavy atom. The van der Waals surface area contributed by atoms with Gasteiger partial charge in [-0.3, -0.25) is 10.1 Å². The molecular weight excluding hydrogens is 384 g/mol. The van der Waals surface area contributed by atoms with Crippen LogP contribution in [0.4, 0.5) is 5.13 Å². The van der Waals surface area contributed by atoms with Gasteiger partial charge in [0.25, 0.3) is 0 Å². The normalized spacial score (nSPS) is 15.2. The summed E-state index contributed by atoms with van der Waals surface area (Å²) in [6.45, 7) is 2.04. The van der Waals surface area contributed by atoms with Crippen molar-refractivity contribution in [3.63, 3.8) is 0 Å². The van der Waals surface area contributed by atoms with Gasteiger partial charge in [-0.1, -0.05) is 30.3 Å². The molecule has 148 valence electrons. The second-order valence-corrected chi connectivity index (χ2v) is 8.07. The average Bonchev–Trinajstić information content (AvgIpc) is 3.30. The van der Waals surface area contributed by atoms with Crippen molar-refractivity contribution in [2.75, 3.05) is 12.4 Å². The number of anilines is 1. The minimum atomic E-state index is -0.234. The summed E-state index contributed by atoms with van der Waals surface area (Å²) in [5, 5.41) is 3.41. The first-order chi connectivity index (χ1) is 14.1. The first kappa shape index (κ1) is 19.2. The van der Waals surface area contributed by atoms with Gasteiger partial charge >= 0.3 is 0 Å². The van der Waals surface area contributed by atoms with Gasteiger partial charge in [-0.15, -0.1) is 11.3 Å². The zero-order valence-corrected chi connectivity index (χ0v) is 17.2. The van der Waals surface area contributed by atoms with E-state index >= 15 is 0 Å². The van der Waals surface area contributed by atoms with Crippen molar-refractivity contribution in [2.45, 2.75) is 25.9 Å². The van der Waals surface area contributed by atoms with E-state index in [-0.39, 0.29) is 12.0 Å². The van der Waals surface area contributed by atoms with E-state index in [1.807, 2.05) is 37.3 Å². The molecule has 1 aliphatic heterocycles. The number of carbonyl (C=O) groups is 1. The van der Waals surface area contributed by atoms with Gasteiger partial charge in [-0.2, -0.15) is 0 Å². The number of methoxy groups -OCH3 is 1. The molecule has 0 spiro atoms. The molecule has 0 saturated carbocycles. The van der Waals surface area contributed by atoms with E-state index in [4.69, 9.17) is 9.47 Å². The van der Waals surface area contributed by atoms with E-state index in [1.54, 1.807) is 19.4 Å². The van der Waals surface area contributed by atoms with Crippen LogP contribution in [0.15, 0.2) is 54.7 Å². The Morgan fingerprint density at radius 1 is 1.34 bits per heavy atom. The van der Waals surface area contributed by atoms with Gasteiger partial charge < -0.3 is 9.47 Å². The van der Waals surface area contributed by atoms with Crippen LogP contribution in [0.2, 0.25) is 0 Å². The molecule has 0 aliphatic carbocycles. The highest BCUT2D eigenvalue weighted by molar-refractivity contribution is 7.15. The van der Waals surface area contributed by atoms with Gasteiger partial charge in [0, 0.05) is 41.1 Å². The quantitative estimate of drug-likeness (QED) is 0.602. The summed E-state index contributed by atoms with van der Waals surface area (Å²) in [6.07, 6.45) is 6.85. The van der Waals surface area contributed by atoms with Crippen LogP contribution in [0.3, 0.4) is 0 Å². The molecule has 0 saturated heterocycles. The van der Waals surface area contributed by atoms with E-state index in [9.17, 15) is 4.79 Å². The summed E-state index contributed by atoms with van der Waals surface area (Å²) in [6, 6.07) is 14.1. The SMILES string of the molecule is COc1cc2c(cc1/C=C/C(=O)Nc1ncc(Cc3ccccc3)s1)OC(C)C2. The van der Waals surface area contributed by atoms with Crippen LogP contribution in [-0.4, -0.2) is 24.1 Å². The molecule has 4 rings (SSSR count). The minimum Gasteiger partial charge on any atom is -0.496 e. The molecule has 0 radical (unpaired) electrons. The number of fused-ring (bicyclic) bond motifs is 1. The zero-order chi connectivity index (χ0) is 20.2. The standard InChI is InChI=1S/C23H22N2O3S/c1-15-10-18-13-20(27-2)17(12-21(18)28-15)8-9-22(26)25-23-24-14-19(29-23)11-16-6-4-3-5-7-16/h3-9,12-15H,10-11H2,1-2H3,(H,24,25,26)/b9-8+. The van der Waals surface area contributed by atoms with Crippen molar-refractivity contribution in [1.29, 1.82) is 0 Å². The van der Waals surface area contributed by atoms with E-state index in [2.05, 4.69) is 22.4 Å². The number of thiazole rings is 1. The molecule has 1 atom stereocenters. The molecule has 5 nitrogen and oxygen atoms in total. The van der Waals surface area contributed by atoms with Gasteiger partial charge in [0.1, 0.15) is 17.6 Å². The van der Waals surface area contributed by atoms with Gasteiger partial charge in [-0.25, -0.2) is 4.98 Å². The number of nitrogens with zero attached hydrogens (tertiary/aromatic N) is 1. The first-order valence-corrected chi connectivity index (χ1v) is 10.3. The van der Waals surface area contributed by atoms with E-state index in [0.717, 1.165) is 40.3 Å². The third-order valence-electron chi connectivity index (χ3n) is 4.67. The highest BCUT2D eigenvalue weighted by Gasteiger charge is 2.21. The van der Waals surface area contributed by atoms with Crippen LogP contribution in [0.5, 0.6) is 11.5 Å². The second-order valence-electron chi connectivity index (χ2n) is 6.95. The fourth-order valence-electron chi connectivity index (χ4n) is 3.32. The molecule has 2 heterocycles. The van der Waals surface area contributed by atoms with Gasteiger partial charge in [0.2, 0.25) is 5.91 Å². The molecule has 1 aromatic heterocycles. The molecule has 3 aromatic rings. The maximum atomic E-state index is 12.3. The summed E-state index contributed by atoms with van der Waals surface area (Å²) in [4.78, 5) is 17.7. The third kappa shape index (κ3) is 4.66. The van der Waals surface area contributed by atoms with Crippen LogP contribution >= 0.6 is 11.3 Å². The predicted octanol–water partition coefficient (Wildman–Crippen LogP) is 4.72. The molecule has 1 amide bonds. The highest BCUT2D eigenvalue weighted by Crippen LogP contribution is 2.35. The minimum absolute atomic E-state index is 0.159. The Bertz CT molecular complexity index is 1040. The number of aromatic nitrogens is 1. The molecule has 6 heteroatoms. The van der Waals surface area contributed by atoms with Crippen molar-refractivity contribution in [3.05, 3.63) is 76.3 Å². The second kappa shape index (κ2) is 8.49. The average molecular weight is 407 g/mol. The lowest BCUT2D eigenvalue weighted by atomic mass is 10.1. The van der Waals surface area contributed by atoms with Crippen molar-refractivity contribution in [3.8, 4) is 11.5 Å². The lowest BCUT2D eigenvalue weighted by molar-refractivity contribution is -0.111. The van der Waals surface area contributed by atoms with Crippen LogP contribution in [0.1, 0.15) is 28.5 Å². The first-order valence-electron chi connectivity index (χ1n) is 9.46. The molecular formula is C23H22N2O3S. The molecule has 0 fully saturated rings. The van der Waals surface area contributed by atoms with Crippen molar-refractivity contribution in [1.82, 2.24) is 4.98 Å². The van der Waals surface area contributed by atoms with Crippen molar-refractivity contribution >= 4 is 28.5 Å². The highest BCUT2D eigenvalue weighted by atomic mass is 32.1. The molecule has 1 aliphatic rings. The smallest absolute Gasteiger partial charge is 0.250 e. The monoisotopic (exact) mass is 406 g/mol. The Hall–Kier alpha value is -3.12. The summed E-state index contributed by atoms with van der Waals surface area (Å²) in [5.74, 6) is 1.34. The maximum Gasteiger partial charge on any atom is 0.250 e. The summed E-state index contributed by atoms with van der Waals surface area (Å²) < 4.78 is 11.3. The van der Waals surface area contributed by atoms with E-state index < -0.39 is 0 Å². The van der Waals surface area contributed by atoms with Crippen LogP contribution in [-0.2, 0) is 17.6 Å². The fraction of sp³-hybridized carbons (Fsp3) is 0.217. The number of nitrogens with one attached hydrogen (secondary N) is 1. The Balaban J connectivity index is 1.41. The Labute approximate surface area is 174 Å². The number of hydrogen-bond acceptors (Lipinski definition) is 5. The van der Waals surface area contributed by atoms with Gasteiger partial charge in [0.05, 0.1) is 7.11 Å². The number of benzene rings is 2. The van der Waals surface area contributed by atoms with Crippen LogP contribution in [0, 0.1) is 0 Å². The molecule has 2 aromatic carbocycles.